The average molecular weight is 483 g/mol. The minimum atomic E-state index is -3.65. The molecule has 0 aliphatic carbocycles. The number of methoxy groups -OCH3 is 2. The number of nitrogens with zero attached hydrogens (tertiary/aromatic N) is 2. The Morgan fingerprint density at radius 3 is 2.28 bits per heavy atom. The standard InChI is InChI=1S/C21H27BrN2O4S/c1-16-5-7-17(8-6-16)15-23-9-4-10-24(12-11-23)29(25,26)21-14-20(28-3)19(27-2)13-18(21)22/h5-8,13-14H,4,9-12,15H2,1-3H3. The quantitative estimate of drug-likeness (QED) is 0.628. The molecule has 0 atom stereocenters. The Labute approximate surface area is 181 Å². The number of rotatable bonds is 6. The SMILES string of the molecule is COc1cc(Br)c(S(=O)(=O)N2CCCN(Cc3ccc(C)cc3)CC2)cc1OC. The molecule has 0 spiro atoms. The van der Waals surface area contributed by atoms with Crippen LogP contribution in [-0.4, -0.2) is 58.0 Å². The largest absolute Gasteiger partial charge is 0.493 e. The van der Waals surface area contributed by atoms with Gasteiger partial charge in [0.05, 0.1) is 14.2 Å². The van der Waals surface area contributed by atoms with Crippen molar-refractivity contribution in [1.29, 1.82) is 0 Å². The summed E-state index contributed by atoms with van der Waals surface area (Å²) in [6.45, 7) is 5.41. The molecular formula is C21H27BrN2O4S. The predicted octanol–water partition coefficient (Wildman–Crippen LogP) is 3.67. The van der Waals surface area contributed by atoms with Crippen molar-refractivity contribution in [3.8, 4) is 11.5 Å². The van der Waals surface area contributed by atoms with Crippen molar-refractivity contribution >= 4 is 26.0 Å². The number of halogens is 1. The summed E-state index contributed by atoms with van der Waals surface area (Å²) in [4.78, 5) is 2.51. The highest BCUT2D eigenvalue weighted by atomic mass is 79.9. The van der Waals surface area contributed by atoms with Crippen LogP contribution in [0.3, 0.4) is 0 Å². The summed E-state index contributed by atoms with van der Waals surface area (Å²) in [6.07, 6.45) is 0.788. The van der Waals surface area contributed by atoms with Gasteiger partial charge in [0.15, 0.2) is 11.5 Å². The molecule has 1 aliphatic heterocycles. The van der Waals surface area contributed by atoms with E-state index in [1.807, 2.05) is 0 Å². The second kappa shape index (κ2) is 9.47. The minimum Gasteiger partial charge on any atom is -0.493 e. The van der Waals surface area contributed by atoms with Crippen molar-refractivity contribution in [3.63, 3.8) is 0 Å². The van der Waals surface area contributed by atoms with Crippen LogP contribution >= 0.6 is 15.9 Å². The second-order valence-electron chi connectivity index (χ2n) is 7.16. The zero-order valence-electron chi connectivity index (χ0n) is 17.0. The van der Waals surface area contributed by atoms with Gasteiger partial charge in [-0.25, -0.2) is 8.42 Å². The molecule has 0 amide bonds. The molecule has 0 bridgehead atoms. The van der Waals surface area contributed by atoms with E-state index in [0.29, 0.717) is 35.6 Å². The highest BCUT2D eigenvalue weighted by molar-refractivity contribution is 9.10. The third kappa shape index (κ3) is 5.12. The van der Waals surface area contributed by atoms with Gasteiger partial charge >= 0.3 is 0 Å². The van der Waals surface area contributed by atoms with Crippen molar-refractivity contribution < 1.29 is 17.9 Å². The van der Waals surface area contributed by atoms with E-state index in [1.54, 1.807) is 10.4 Å². The highest BCUT2D eigenvalue weighted by Crippen LogP contribution is 2.36. The molecule has 0 N–H and O–H groups in total. The maximum atomic E-state index is 13.3. The lowest BCUT2D eigenvalue weighted by atomic mass is 10.1. The van der Waals surface area contributed by atoms with Crippen LogP contribution in [0.1, 0.15) is 17.5 Å². The molecule has 0 saturated carbocycles. The first kappa shape index (κ1) is 22.1. The third-order valence-electron chi connectivity index (χ3n) is 5.13. The Bertz CT molecular complexity index is 948. The zero-order valence-corrected chi connectivity index (χ0v) is 19.4. The van der Waals surface area contributed by atoms with Crippen molar-refractivity contribution in [3.05, 3.63) is 52.0 Å². The fourth-order valence-electron chi connectivity index (χ4n) is 3.47. The van der Waals surface area contributed by atoms with Gasteiger partial charge in [0.2, 0.25) is 10.0 Å². The Balaban J connectivity index is 1.76. The van der Waals surface area contributed by atoms with E-state index in [0.717, 1.165) is 19.5 Å². The molecule has 2 aromatic rings. The minimum absolute atomic E-state index is 0.196. The van der Waals surface area contributed by atoms with Crippen molar-refractivity contribution in [2.45, 2.75) is 24.8 Å². The molecule has 29 heavy (non-hydrogen) atoms. The molecule has 6 nitrogen and oxygen atoms in total. The van der Waals surface area contributed by atoms with Crippen LogP contribution in [0.2, 0.25) is 0 Å². The number of ether oxygens (including phenoxy) is 2. The van der Waals surface area contributed by atoms with Gasteiger partial charge in [-0.15, -0.1) is 0 Å². The fraction of sp³-hybridized carbons (Fsp3) is 0.429. The summed E-state index contributed by atoms with van der Waals surface area (Å²) < 4.78 is 39.2. The first-order valence-electron chi connectivity index (χ1n) is 9.54. The lowest BCUT2D eigenvalue weighted by Crippen LogP contribution is -2.35. The Kier molecular flexibility index (Phi) is 7.21. The first-order chi connectivity index (χ1) is 13.8. The van der Waals surface area contributed by atoms with Gasteiger partial charge < -0.3 is 9.47 Å². The second-order valence-corrected chi connectivity index (χ2v) is 9.92. The van der Waals surface area contributed by atoms with E-state index in [-0.39, 0.29) is 4.90 Å². The monoisotopic (exact) mass is 482 g/mol. The molecule has 1 saturated heterocycles. The van der Waals surface area contributed by atoms with Crippen LogP contribution in [0.25, 0.3) is 0 Å². The van der Waals surface area contributed by atoms with Gasteiger partial charge in [-0.2, -0.15) is 4.31 Å². The number of aryl methyl sites for hydroxylation is 1. The summed E-state index contributed by atoms with van der Waals surface area (Å²) in [5.41, 5.74) is 2.48. The first-order valence-corrected chi connectivity index (χ1v) is 11.8. The average Bonchev–Trinajstić information content (AvgIpc) is 2.95. The predicted molar refractivity (Wildman–Crippen MR) is 117 cm³/mol. The Hall–Kier alpha value is -1.61. The number of hydrogen-bond donors (Lipinski definition) is 0. The third-order valence-corrected chi connectivity index (χ3v) is 7.99. The summed E-state index contributed by atoms with van der Waals surface area (Å²) in [5, 5.41) is 0. The molecule has 1 aliphatic rings. The smallest absolute Gasteiger partial charge is 0.244 e. The zero-order chi connectivity index (χ0) is 21.0. The lowest BCUT2D eigenvalue weighted by molar-refractivity contribution is 0.278. The van der Waals surface area contributed by atoms with Gasteiger partial charge in [-0.1, -0.05) is 29.8 Å². The molecule has 8 heteroatoms. The van der Waals surface area contributed by atoms with Crippen LogP contribution in [0.15, 0.2) is 45.8 Å². The lowest BCUT2D eigenvalue weighted by Gasteiger charge is -2.23. The normalized spacial score (nSPS) is 16.4. The van der Waals surface area contributed by atoms with Gasteiger partial charge in [-0.05, 0) is 47.4 Å². The highest BCUT2D eigenvalue weighted by Gasteiger charge is 2.30. The van der Waals surface area contributed by atoms with Crippen LogP contribution in [0, 0.1) is 6.92 Å². The van der Waals surface area contributed by atoms with E-state index in [9.17, 15) is 8.42 Å². The van der Waals surface area contributed by atoms with E-state index in [2.05, 4.69) is 52.0 Å². The molecule has 158 valence electrons. The number of benzene rings is 2. The van der Waals surface area contributed by atoms with E-state index >= 15 is 0 Å². The summed E-state index contributed by atoms with van der Waals surface area (Å²) in [5.74, 6) is 0.878. The Morgan fingerprint density at radius 1 is 0.966 bits per heavy atom. The fourth-order valence-corrected chi connectivity index (χ4v) is 5.94. The molecule has 3 rings (SSSR count). The molecule has 1 heterocycles. The van der Waals surface area contributed by atoms with Crippen molar-refractivity contribution in [2.24, 2.45) is 0 Å². The summed E-state index contributed by atoms with van der Waals surface area (Å²) in [7, 11) is -0.630. The van der Waals surface area contributed by atoms with Gasteiger partial charge in [0.25, 0.3) is 0 Å². The van der Waals surface area contributed by atoms with E-state index in [4.69, 9.17) is 9.47 Å². The van der Waals surface area contributed by atoms with Gasteiger partial charge in [0.1, 0.15) is 4.90 Å². The molecule has 1 fully saturated rings. The van der Waals surface area contributed by atoms with Crippen LogP contribution in [0.4, 0.5) is 0 Å². The van der Waals surface area contributed by atoms with Crippen LogP contribution < -0.4 is 9.47 Å². The molecule has 0 aromatic heterocycles. The maximum Gasteiger partial charge on any atom is 0.244 e. The molecular weight excluding hydrogens is 456 g/mol. The van der Waals surface area contributed by atoms with Gasteiger partial charge in [0, 0.05) is 36.7 Å². The molecule has 2 aromatic carbocycles. The topological polar surface area (TPSA) is 59.1 Å². The number of sulfonamides is 1. The van der Waals surface area contributed by atoms with Crippen molar-refractivity contribution in [1.82, 2.24) is 9.21 Å². The molecule has 0 radical (unpaired) electrons. The summed E-state index contributed by atoms with van der Waals surface area (Å²) >= 11 is 3.38. The van der Waals surface area contributed by atoms with E-state index < -0.39 is 10.0 Å². The van der Waals surface area contributed by atoms with E-state index in [1.165, 1.54) is 31.4 Å². The van der Waals surface area contributed by atoms with Gasteiger partial charge in [-0.3, -0.25) is 4.90 Å². The Morgan fingerprint density at radius 2 is 1.62 bits per heavy atom. The van der Waals surface area contributed by atoms with Crippen LogP contribution in [0.5, 0.6) is 11.5 Å². The van der Waals surface area contributed by atoms with Crippen molar-refractivity contribution in [2.75, 3.05) is 40.4 Å². The van der Waals surface area contributed by atoms with Crippen LogP contribution in [-0.2, 0) is 16.6 Å². The number of hydrogen-bond acceptors (Lipinski definition) is 5. The maximum absolute atomic E-state index is 13.3. The molecule has 0 unspecified atom stereocenters. The summed E-state index contributed by atoms with van der Waals surface area (Å²) in [6, 6.07) is 11.6.